The molecular formula is C26H16ClNO5S. The van der Waals surface area contributed by atoms with Crippen LogP contribution in [0.25, 0.3) is 28.2 Å². The van der Waals surface area contributed by atoms with Gasteiger partial charge in [-0.3, -0.25) is 14.5 Å². The second-order valence-corrected chi connectivity index (χ2v) is 9.05. The number of aromatic carboxylic acids is 1. The number of furan rings is 1. The van der Waals surface area contributed by atoms with Gasteiger partial charge in [-0.15, -0.1) is 0 Å². The third-order valence-corrected chi connectivity index (χ3v) is 6.65. The maximum absolute atomic E-state index is 12.9. The molecule has 8 heteroatoms. The van der Waals surface area contributed by atoms with Crippen LogP contribution in [-0.4, -0.2) is 27.1 Å². The number of hydrogen-bond donors (Lipinski definition) is 1. The van der Waals surface area contributed by atoms with Gasteiger partial charge in [0.25, 0.3) is 11.1 Å². The van der Waals surface area contributed by atoms with Gasteiger partial charge in [-0.2, -0.15) is 0 Å². The van der Waals surface area contributed by atoms with Gasteiger partial charge in [0, 0.05) is 11.6 Å². The summed E-state index contributed by atoms with van der Waals surface area (Å²) in [7, 11) is 0. The number of fused-ring (bicyclic) bond motifs is 1. The first-order chi connectivity index (χ1) is 16.4. The van der Waals surface area contributed by atoms with E-state index in [0.29, 0.717) is 17.1 Å². The van der Waals surface area contributed by atoms with Gasteiger partial charge in [0.2, 0.25) is 0 Å². The van der Waals surface area contributed by atoms with Crippen molar-refractivity contribution >= 4 is 57.3 Å². The Morgan fingerprint density at radius 2 is 1.79 bits per heavy atom. The Morgan fingerprint density at radius 3 is 2.59 bits per heavy atom. The van der Waals surface area contributed by atoms with Crippen molar-refractivity contribution in [1.82, 2.24) is 4.90 Å². The summed E-state index contributed by atoms with van der Waals surface area (Å²) in [4.78, 5) is 38.3. The predicted molar refractivity (Wildman–Crippen MR) is 132 cm³/mol. The number of carbonyl (C=O) groups excluding carboxylic acids is 2. The summed E-state index contributed by atoms with van der Waals surface area (Å²) < 4.78 is 5.78. The van der Waals surface area contributed by atoms with Gasteiger partial charge >= 0.3 is 5.97 Å². The van der Waals surface area contributed by atoms with Gasteiger partial charge < -0.3 is 9.52 Å². The molecule has 1 saturated heterocycles. The van der Waals surface area contributed by atoms with E-state index >= 15 is 0 Å². The first kappa shape index (κ1) is 22.0. The van der Waals surface area contributed by atoms with Crippen LogP contribution >= 0.6 is 23.4 Å². The van der Waals surface area contributed by atoms with Crippen molar-refractivity contribution < 1.29 is 23.9 Å². The Labute approximate surface area is 203 Å². The molecule has 1 aromatic heterocycles. The molecule has 6 nitrogen and oxygen atoms in total. The number of thioether (sulfide) groups is 1. The Morgan fingerprint density at radius 1 is 1.00 bits per heavy atom. The average molecular weight is 490 g/mol. The Bertz CT molecular complexity index is 1510. The lowest BCUT2D eigenvalue weighted by molar-refractivity contribution is -0.123. The number of carboxylic acid groups (broad SMARTS) is 1. The number of rotatable bonds is 5. The van der Waals surface area contributed by atoms with E-state index in [1.807, 2.05) is 42.5 Å². The first-order valence-electron chi connectivity index (χ1n) is 10.2. The van der Waals surface area contributed by atoms with Gasteiger partial charge in [-0.05, 0) is 64.5 Å². The van der Waals surface area contributed by atoms with Crippen LogP contribution in [0.3, 0.4) is 0 Å². The van der Waals surface area contributed by atoms with Crippen LogP contribution in [0.2, 0.25) is 5.02 Å². The van der Waals surface area contributed by atoms with Crippen LogP contribution in [0, 0.1) is 0 Å². The fourth-order valence-electron chi connectivity index (χ4n) is 3.71. The van der Waals surface area contributed by atoms with Crippen LogP contribution in [0.1, 0.15) is 21.7 Å². The average Bonchev–Trinajstić information content (AvgIpc) is 3.39. The highest BCUT2D eigenvalue weighted by Crippen LogP contribution is 2.35. The molecule has 2 amide bonds. The Hall–Kier alpha value is -3.81. The maximum atomic E-state index is 12.9. The summed E-state index contributed by atoms with van der Waals surface area (Å²) in [6.45, 7) is 0.180. The van der Waals surface area contributed by atoms with Crippen molar-refractivity contribution in [3.63, 3.8) is 0 Å². The van der Waals surface area contributed by atoms with E-state index in [0.717, 1.165) is 28.1 Å². The number of amides is 2. The molecule has 0 bridgehead atoms. The lowest BCUT2D eigenvalue weighted by Crippen LogP contribution is -2.27. The quantitative estimate of drug-likeness (QED) is 0.314. The highest BCUT2D eigenvalue weighted by molar-refractivity contribution is 8.18. The molecule has 0 unspecified atom stereocenters. The van der Waals surface area contributed by atoms with E-state index in [1.54, 1.807) is 18.2 Å². The van der Waals surface area contributed by atoms with Crippen LogP contribution in [0.4, 0.5) is 4.79 Å². The number of carbonyl (C=O) groups is 3. The Kier molecular flexibility index (Phi) is 5.73. The molecular weight excluding hydrogens is 474 g/mol. The summed E-state index contributed by atoms with van der Waals surface area (Å²) in [6, 6.07) is 21.6. The zero-order chi connectivity index (χ0) is 23.8. The van der Waals surface area contributed by atoms with Crippen molar-refractivity contribution in [1.29, 1.82) is 0 Å². The van der Waals surface area contributed by atoms with Gasteiger partial charge in [0.05, 0.1) is 22.0 Å². The number of halogens is 1. The molecule has 34 heavy (non-hydrogen) atoms. The van der Waals surface area contributed by atoms with E-state index < -0.39 is 5.97 Å². The van der Waals surface area contributed by atoms with Crippen molar-refractivity contribution in [2.75, 3.05) is 0 Å². The van der Waals surface area contributed by atoms with Gasteiger partial charge in [-0.1, -0.05) is 48.0 Å². The second-order valence-electron chi connectivity index (χ2n) is 7.65. The van der Waals surface area contributed by atoms with E-state index in [1.165, 1.54) is 23.1 Å². The number of carboxylic acids is 1. The molecule has 168 valence electrons. The zero-order valence-electron chi connectivity index (χ0n) is 17.5. The highest BCUT2D eigenvalue weighted by Gasteiger charge is 2.35. The molecule has 4 aromatic rings. The molecule has 1 aliphatic rings. The summed E-state index contributed by atoms with van der Waals surface area (Å²) in [5.74, 6) is -0.738. The predicted octanol–water partition coefficient (Wildman–Crippen LogP) is 6.69. The molecule has 3 aromatic carbocycles. The lowest BCUT2D eigenvalue weighted by Gasteiger charge is -2.13. The molecule has 1 aliphatic heterocycles. The first-order valence-corrected chi connectivity index (χ1v) is 11.4. The number of nitrogens with zero attached hydrogens (tertiary/aromatic N) is 1. The van der Waals surface area contributed by atoms with Crippen molar-refractivity contribution in [3.8, 4) is 11.3 Å². The van der Waals surface area contributed by atoms with Crippen LogP contribution in [0.5, 0.6) is 0 Å². The van der Waals surface area contributed by atoms with Crippen LogP contribution in [0.15, 0.2) is 82.1 Å². The molecule has 0 saturated carbocycles. The number of benzene rings is 3. The normalized spacial score (nSPS) is 15.0. The van der Waals surface area contributed by atoms with E-state index in [4.69, 9.17) is 16.0 Å². The summed E-state index contributed by atoms with van der Waals surface area (Å²) in [5, 5.41) is 11.2. The van der Waals surface area contributed by atoms with Gasteiger partial charge in [0.1, 0.15) is 11.5 Å². The van der Waals surface area contributed by atoms with Crippen LogP contribution < -0.4 is 0 Å². The standard InChI is InChI=1S/C26H16ClNO5S/c27-21-9-7-18(12-20(21)25(30)31)22-10-8-19(33-22)13-23-24(29)28(26(32)34-23)14-15-5-6-16-3-1-2-4-17(16)11-15/h1-13H,14H2,(H,30,31)/b23-13-. The molecule has 2 heterocycles. The zero-order valence-corrected chi connectivity index (χ0v) is 19.1. The molecule has 1 fully saturated rings. The largest absolute Gasteiger partial charge is 0.478 e. The molecule has 0 radical (unpaired) electrons. The molecule has 5 rings (SSSR count). The summed E-state index contributed by atoms with van der Waals surface area (Å²) >= 11 is 6.79. The molecule has 0 spiro atoms. The van der Waals surface area contributed by atoms with E-state index in [-0.39, 0.29) is 33.2 Å². The smallest absolute Gasteiger partial charge is 0.337 e. The summed E-state index contributed by atoms with van der Waals surface area (Å²) in [5.41, 5.74) is 1.36. The minimum atomic E-state index is -1.14. The lowest BCUT2D eigenvalue weighted by atomic mass is 10.1. The minimum absolute atomic E-state index is 0.0353. The molecule has 0 aliphatic carbocycles. The fraction of sp³-hybridized carbons (Fsp3) is 0.0385. The second kappa shape index (κ2) is 8.85. The van der Waals surface area contributed by atoms with E-state index in [2.05, 4.69) is 0 Å². The highest BCUT2D eigenvalue weighted by atomic mass is 35.5. The number of hydrogen-bond acceptors (Lipinski definition) is 5. The molecule has 1 N–H and O–H groups in total. The van der Waals surface area contributed by atoms with Crippen LogP contribution in [-0.2, 0) is 11.3 Å². The maximum Gasteiger partial charge on any atom is 0.337 e. The summed E-state index contributed by atoms with van der Waals surface area (Å²) in [6.07, 6.45) is 1.52. The van der Waals surface area contributed by atoms with Crippen molar-refractivity contribution in [3.05, 3.63) is 99.6 Å². The van der Waals surface area contributed by atoms with Gasteiger partial charge in [-0.25, -0.2) is 4.79 Å². The van der Waals surface area contributed by atoms with Gasteiger partial charge in [0.15, 0.2) is 0 Å². The third-order valence-electron chi connectivity index (χ3n) is 5.41. The molecule has 0 atom stereocenters. The number of imide groups is 1. The fourth-order valence-corrected chi connectivity index (χ4v) is 4.73. The van der Waals surface area contributed by atoms with Crippen molar-refractivity contribution in [2.24, 2.45) is 0 Å². The monoisotopic (exact) mass is 489 g/mol. The third kappa shape index (κ3) is 4.23. The minimum Gasteiger partial charge on any atom is -0.478 e. The SMILES string of the molecule is O=C(O)c1cc(-c2ccc(/C=C3\SC(=O)N(Cc4ccc5ccccc5c4)C3=O)o2)ccc1Cl. The van der Waals surface area contributed by atoms with E-state index in [9.17, 15) is 19.5 Å². The topological polar surface area (TPSA) is 87.8 Å². The van der Waals surface area contributed by atoms with Crippen molar-refractivity contribution in [2.45, 2.75) is 6.54 Å². The Balaban J connectivity index is 1.36.